The monoisotopic (exact) mass is 761 g/mol. The second-order valence-electron chi connectivity index (χ2n) is 6.54. The number of rotatable bonds is 5. The van der Waals surface area contributed by atoms with Gasteiger partial charge in [0, 0.05) is 3.57 Å². The van der Waals surface area contributed by atoms with Crippen LogP contribution in [-0.2, 0) is 10.9 Å². The highest BCUT2D eigenvalue weighted by Crippen LogP contribution is 2.32. The second-order valence-corrected chi connectivity index (χ2v) is 12.1. The molecule has 0 fully saturated rings. The lowest BCUT2D eigenvalue weighted by atomic mass is 10.2. The first-order valence-corrected chi connectivity index (χ1v) is 13.8. The van der Waals surface area contributed by atoms with Crippen molar-refractivity contribution in [3.05, 3.63) is 113 Å². The van der Waals surface area contributed by atoms with E-state index in [0.717, 1.165) is 15.6 Å². The molecule has 0 atom stereocenters. The number of carbonyl (C=O) groups is 1. The van der Waals surface area contributed by atoms with Gasteiger partial charge in [0.15, 0.2) is 20.4 Å². The number of carbonyl (C=O) groups excluding carboxylic acids is 1. The van der Waals surface area contributed by atoms with Gasteiger partial charge in [-0.1, -0.05) is 36.4 Å². The van der Waals surface area contributed by atoms with Crippen molar-refractivity contribution >= 4 is 84.6 Å². The molecule has 0 saturated carbocycles. The maximum absolute atomic E-state index is 12.8. The molecule has 4 aromatic rings. The third kappa shape index (κ3) is 5.63. The van der Waals surface area contributed by atoms with Crippen LogP contribution in [0.2, 0.25) is 0 Å². The summed E-state index contributed by atoms with van der Waals surface area (Å²) in [5.74, 6) is 0.270. The van der Waals surface area contributed by atoms with E-state index in [1.807, 2.05) is 48.5 Å². The summed E-state index contributed by atoms with van der Waals surface area (Å²) in [6, 6.07) is 32.7. The third-order valence-corrected chi connectivity index (χ3v) is 8.90. The van der Waals surface area contributed by atoms with Gasteiger partial charge < -0.3 is 4.74 Å². The molecule has 0 radical (unpaired) electrons. The van der Waals surface area contributed by atoms with Crippen LogP contribution < -0.4 is 4.74 Å². The minimum atomic E-state index is -0.345. The maximum atomic E-state index is 12.8. The van der Waals surface area contributed by atoms with E-state index in [0.29, 0.717) is 11.3 Å². The minimum Gasteiger partial charge on any atom is -0.421 e. The first-order valence-electron chi connectivity index (χ1n) is 9.34. The Morgan fingerprint density at radius 2 is 1.10 bits per heavy atom. The largest absolute Gasteiger partial charge is 0.421 e. The fourth-order valence-electron chi connectivity index (χ4n) is 3.03. The Labute approximate surface area is 225 Å². The van der Waals surface area contributed by atoms with Crippen molar-refractivity contribution in [3.8, 4) is 5.75 Å². The zero-order valence-corrected chi connectivity index (χ0v) is 23.4. The van der Waals surface area contributed by atoms with E-state index in [4.69, 9.17) is 4.74 Å². The van der Waals surface area contributed by atoms with Gasteiger partial charge in [-0.05, 0) is 128 Å². The Morgan fingerprint density at radius 1 is 0.645 bits per heavy atom. The van der Waals surface area contributed by atoms with Crippen molar-refractivity contribution in [1.29, 1.82) is 0 Å². The third-order valence-electron chi connectivity index (χ3n) is 4.44. The Kier molecular flexibility index (Phi) is 7.94. The molecule has 0 spiro atoms. The number of hydrogen-bond donors (Lipinski definition) is 0. The van der Waals surface area contributed by atoms with Gasteiger partial charge in [-0.25, -0.2) is 4.79 Å². The van der Waals surface area contributed by atoms with Crippen LogP contribution >= 0.6 is 67.8 Å². The van der Waals surface area contributed by atoms with Crippen molar-refractivity contribution < 1.29 is 9.53 Å². The van der Waals surface area contributed by atoms with Crippen molar-refractivity contribution in [2.45, 2.75) is 14.7 Å². The van der Waals surface area contributed by atoms with Crippen molar-refractivity contribution in [2.75, 3.05) is 0 Å². The Hall–Kier alpha value is -1.11. The first kappa shape index (κ1) is 23.1. The quantitative estimate of drug-likeness (QED) is 0.0899. The topological polar surface area (TPSA) is 26.3 Å². The molecular weight excluding hydrogens is 745 g/mol. The van der Waals surface area contributed by atoms with Gasteiger partial charge in [0.25, 0.3) is 0 Å². The normalized spacial score (nSPS) is 10.8. The van der Waals surface area contributed by atoms with Gasteiger partial charge in [-0.3, -0.25) is 0 Å². The summed E-state index contributed by atoms with van der Waals surface area (Å²) in [4.78, 5) is 16.4. The van der Waals surface area contributed by atoms with Crippen LogP contribution in [0.25, 0.3) is 0 Å². The molecule has 0 aliphatic heterocycles. The lowest BCUT2D eigenvalue weighted by Gasteiger charge is -2.10. The van der Waals surface area contributed by atoms with Gasteiger partial charge >= 0.3 is 5.97 Å². The Morgan fingerprint density at radius 3 is 1.58 bits per heavy atom. The molecule has 0 saturated heterocycles. The number of halogens is 3. The summed E-state index contributed by atoms with van der Waals surface area (Å²) < 4.78 is 8.70. The van der Waals surface area contributed by atoms with Crippen LogP contribution in [0.4, 0.5) is 0 Å². The molecular formula is C25H16I3O2S+. The van der Waals surface area contributed by atoms with Crippen molar-refractivity contribution in [2.24, 2.45) is 0 Å². The highest BCUT2D eigenvalue weighted by Gasteiger charge is 2.28. The molecule has 154 valence electrons. The van der Waals surface area contributed by atoms with Gasteiger partial charge in [-0.15, -0.1) is 0 Å². The standard InChI is InChI=1S/C25H16I3O2S/c26-18-15-22(27)24(23(28)16-18)30-25(29)17-11-13-21(14-12-17)31(19-7-3-1-4-8-19)20-9-5-2-6-10-20/h1-16H/q+1. The fraction of sp³-hybridized carbons (Fsp3) is 0. The summed E-state index contributed by atoms with van der Waals surface area (Å²) in [5.41, 5.74) is 0.540. The molecule has 4 aromatic carbocycles. The van der Waals surface area contributed by atoms with Crippen molar-refractivity contribution in [1.82, 2.24) is 0 Å². The van der Waals surface area contributed by atoms with Crippen molar-refractivity contribution in [3.63, 3.8) is 0 Å². The van der Waals surface area contributed by atoms with E-state index in [9.17, 15) is 4.79 Å². The van der Waals surface area contributed by atoms with Crippen LogP contribution in [0.1, 0.15) is 10.4 Å². The maximum Gasteiger partial charge on any atom is 0.343 e. The van der Waals surface area contributed by atoms with Gasteiger partial charge in [0.1, 0.15) is 0 Å². The highest BCUT2D eigenvalue weighted by atomic mass is 127. The SMILES string of the molecule is O=C(Oc1c(I)cc(I)cc1I)c1ccc([S+](c2ccccc2)c2ccccc2)cc1. The predicted molar refractivity (Wildman–Crippen MR) is 151 cm³/mol. The number of ether oxygens (including phenoxy) is 1. The van der Waals surface area contributed by atoms with Gasteiger partial charge in [0.2, 0.25) is 0 Å². The molecule has 0 amide bonds. The molecule has 0 heterocycles. The molecule has 0 N–H and O–H groups in total. The van der Waals surface area contributed by atoms with Crippen LogP contribution in [-0.4, -0.2) is 5.97 Å². The highest BCUT2D eigenvalue weighted by molar-refractivity contribution is 14.1. The first-order chi connectivity index (χ1) is 15.0. The molecule has 0 unspecified atom stereocenters. The summed E-state index contributed by atoms with van der Waals surface area (Å²) in [5, 5.41) is 0. The second kappa shape index (κ2) is 10.7. The fourth-order valence-corrected chi connectivity index (χ4v) is 8.91. The average molecular weight is 761 g/mol. The van der Waals surface area contributed by atoms with Crippen LogP contribution in [0.3, 0.4) is 0 Å². The molecule has 0 aliphatic rings. The van der Waals surface area contributed by atoms with E-state index in [1.54, 1.807) is 0 Å². The average Bonchev–Trinajstić information content (AvgIpc) is 2.78. The molecule has 6 heteroatoms. The molecule has 2 nitrogen and oxygen atoms in total. The molecule has 0 aromatic heterocycles. The zero-order chi connectivity index (χ0) is 21.8. The Balaban J connectivity index is 1.63. The minimum absolute atomic E-state index is 0.239. The molecule has 0 bridgehead atoms. The predicted octanol–water partition coefficient (Wildman–Crippen LogP) is 7.82. The van der Waals surface area contributed by atoms with Gasteiger partial charge in [0.05, 0.1) is 23.6 Å². The van der Waals surface area contributed by atoms with Gasteiger partial charge in [-0.2, -0.15) is 0 Å². The summed E-state index contributed by atoms with van der Waals surface area (Å²) >= 11 is 6.67. The van der Waals surface area contributed by atoms with E-state index in [2.05, 4.69) is 116 Å². The number of esters is 1. The summed E-state index contributed by atoms with van der Waals surface area (Å²) in [6.07, 6.45) is 0. The summed E-state index contributed by atoms with van der Waals surface area (Å²) in [6.45, 7) is 0. The number of benzene rings is 4. The van der Waals surface area contributed by atoms with E-state index in [-0.39, 0.29) is 16.9 Å². The van der Waals surface area contributed by atoms with E-state index in [1.165, 1.54) is 9.79 Å². The molecule has 31 heavy (non-hydrogen) atoms. The molecule has 4 rings (SSSR count). The zero-order valence-electron chi connectivity index (χ0n) is 16.1. The lowest BCUT2D eigenvalue weighted by molar-refractivity contribution is 0.0732. The van der Waals surface area contributed by atoms with Crippen LogP contribution in [0.15, 0.2) is 112 Å². The molecule has 0 aliphatic carbocycles. The van der Waals surface area contributed by atoms with E-state index < -0.39 is 0 Å². The Bertz CT molecular complexity index is 1130. The smallest absolute Gasteiger partial charge is 0.343 e. The number of hydrogen-bond acceptors (Lipinski definition) is 2. The van der Waals surface area contributed by atoms with Crippen LogP contribution in [0.5, 0.6) is 5.75 Å². The van der Waals surface area contributed by atoms with E-state index >= 15 is 0 Å². The summed E-state index contributed by atoms with van der Waals surface area (Å²) in [7, 11) is -0.239. The lowest BCUT2D eigenvalue weighted by Crippen LogP contribution is -2.11. The van der Waals surface area contributed by atoms with Crippen LogP contribution in [0, 0.1) is 10.7 Å².